The highest BCUT2D eigenvalue weighted by atomic mass is 35.5. The van der Waals surface area contributed by atoms with Crippen LogP contribution >= 0.6 is 11.6 Å². The van der Waals surface area contributed by atoms with E-state index in [1.807, 2.05) is 68.1 Å². The Morgan fingerprint density at radius 3 is 2.67 bits per heavy atom. The van der Waals surface area contributed by atoms with E-state index in [0.717, 1.165) is 27.6 Å². The van der Waals surface area contributed by atoms with Gasteiger partial charge in [0.2, 0.25) is 5.82 Å². The van der Waals surface area contributed by atoms with E-state index in [1.54, 1.807) is 19.1 Å². The van der Waals surface area contributed by atoms with E-state index < -0.39 is 5.76 Å². The minimum absolute atomic E-state index is 0.0782. The van der Waals surface area contributed by atoms with Crippen LogP contribution in [0, 0.1) is 13.8 Å². The number of rotatable bonds is 5. The van der Waals surface area contributed by atoms with E-state index in [-0.39, 0.29) is 22.4 Å². The van der Waals surface area contributed by atoms with Crippen LogP contribution in [0.2, 0.25) is 5.15 Å². The van der Waals surface area contributed by atoms with Crippen molar-refractivity contribution >= 4 is 39.2 Å². The van der Waals surface area contributed by atoms with Gasteiger partial charge in [0.05, 0.1) is 17.1 Å². The van der Waals surface area contributed by atoms with Crippen LogP contribution < -0.4 is 16.5 Å². The van der Waals surface area contributed by atoms with Gasteiger partial charge < -0.3 is 14.3 Å². The summed E-state index contributed by atoms with van der Waals surface area (Å²) in [5.41, 5.74) is 5.50. The molecule has 196 valence electrons. The van der Waals surface area contributed by atoms with E-state index >= 15 is 0 Å². The van der Waals surface area contributed by atoms with Crippen molar-refractivity contribution in [1.29, 1.82) is 0 Å². The molecule has 39 heavy (non-hydrogen) atoms. The molecule has 0 aliphatic heterocycles. The zero-order valence-electron chi connectivity index (χ0n) is 21.6. The number of aromatic nitrogens is 4. The molecule has 6 rings (SSSR count). The third-order valence-corrected chi connectivity index (χ3v) is 7.11. The fraction of sp³-hybridized carbons (Fsp3) is 0.172. The Hall–Kier alpha value is -4.63. The molecule has 10 heteroatoms. The maximum absolute atomic E-state index is 13.6. The lowest BCUT2D eigenvalue weighted by Gasteiger charge is -2.20. The second-order valence-corrected chi connectivity index (χ2v) is 10.0. The standard InChI is InChI=1S/C29H24ClN5O4/c1-14-11-19(16(3)31-21-6-8-23(30)32-24(21)28-33-29(37)39-34-28)27-20(12-14)25(36)15(2)26(38-27)18-5-7-22-17(13-18)9-10-35(22)4/h5-13,16,31H,1-4H3,(H,33,34,37)/t16-/m1/s1. The Balaban J connectivity index is 1.49. The van der Waals surface area contributed by atoms with E-state index in [9.17, 15) is 9.59 Å². The van der Waals surface area contributed by atoms with E-state index in [2.05, 4.69) is 25.0 Å². The number of H-pyrrole nitrogens is 1. The van der Waals surface area contributed by atoms with Crippen LogP contribution in [0.15, 0.2) is 73.3 Å². The summed E-state index contributed by atoms with van der Waals surface area (Å²) in [4.78, 5) is 32.0. The molecule has 4 aromatic heterocycles. The van der Waals surface area contributed by atoms with Crippen molar-refractivity contribution in [2.45, 2.75) is 26.8 Å². The van der Waals surface area contributed by atoms with Crippen molar-refractivity contribution in [2.24, 2.45) is 7.05 Å². The summed E-state index contributed by atoms with van der Waals surface area (Å²) in [6.45, 7) is 5.69. The molecule has 4 heterocycles. The Bertz CT molecular complexity index is 2020. The number of aryl methyl sites for hydroxylation is 2. The van der Waals surface area contributed by atoms with Gasteiger partial charge in [0.15, 0.2) is 5.43 Å². The predicted octanol–water partition coefficient (Wildman–Crippen LogP) is 6.13. The van der Waals surface area contributed by atoms with Gasteiger partial charge in [-0.25, -0.2) is 9.78 Å². The molecule has 0 spiro atoms. The molecule has 0 saturated heterocycles. The quantitative estimate of drug-likeness (QED) is 0.252. The number of fused-ring (bicyclic) bond motifs is 2. The van der Waals surface area contributed by atoms with E-state index in [0.29, 0.717) is 33.7 Å². The maximum atomic E-state index is 13.6. The van der Waals surface area contributed by atoms with Crippen LogP contribution in [0.1, 0.15) is 29.7 Å². The van der Waals surface area contributed by atoms with Gasteiger partial charge in [-0.3, -0.25) is 14.3 Å². The Morgan fingerprint density at radius 1 is 1.08 bits per heavy atom. The fourth-order valence-corrected chi connectivity index (χ4v) is 5.11. The molecule has 0 radical (unpaired) electrons. The van der Waals surface area contributed by atoms with Gasteiger partial charge in [0.1, 0.15) is 22.2 Å². The third-order valence-electron chi connectivity index (χ3n) is 6.90. The van der Waals surface area contributed by atoms with E-state index in [4.69, 9.17) is 16.0 Å². The summed E-state index contributed by atoms with van der Waals surface area (Å²) in [6.07, 6.45) is 2.00. The highest BCUT2D eigenvalue weighted by Gasteiger charge is 2.21. The van der Waals surface area contributed by atoms with Crippen LogP contribution in [0.3, 0.4) is 0 Å². The summed E-state index contributed by atoms with van der Waals surface area (Å²) in [5, 5.41) is 8.97. The lowest BCUT2D eigenvalue weighted by atomic mass is 9.98. The van der Waals surface area contributed by atoms with Crippen molar-refractivity contribution in [3.63, 3.8) is 0 Å². The molecule has 1 atom stereocenters. The summed E-state index contributed by atoms with van der Waals surface area (Å²) in [5.74, 6) is -0.0227. The number of benzene rings is 2. The van der Waals surface area contributed by atoms with Gasteiger partial charge in [-0.2, -0.15) is 0 Å². The predicted molar refractivity (Wildman–Crippen MR) is 151 cm³/mol. The van der Waals surface area contributed by atoms with Gasteiger partial charge in [-0.05, 0) is 68.8 Å². The van der Waals surface area contributed by atoms with Crippen molar-refractivity contribution in [2.75, 3.05) is 5.32 Å². The first-order valence-electron chi connectivity index (χ1n) is 12.3. The number of aromatic amines is 1. The lowest BCUT2D eigenvalue weighted by Crippen LogP contribution is -2.13. The molecule has 0 amide bonds. The van der Waals surface area contributed by atoms with Crippen molar-refractivity contribution in [1.82, 2.24) is 19.7 Å². The second-order valence-electron chi connectivity index (χ2n) is 9.66. The Labute approximate surface area is 227 Å². The molecule has 0 fully saturated rings. The average molecular weight is 542 g/mol. The highest BCUT2D eigenvalue weighted by Crippen LogP contribution is 2.34. The molecule has 6 aromatic rings. The van der Waals surface area contributed by atoms with Crippen LogP contribution in [0.25, 0.3) is 44.7 Å². The lowest BCUT2D eigenvalue weighted by molar-refractivity contribution is 0.388. The van der Waals surface area contributed by atoms with Gasteiger partial charge >= 0.3 is 5.76 Å². The molecule has 2 aromatic carbocycles. The number of pyridine rings is 1. The molecule has 9 nitrogen and oxygen atoms in total. The molecular weight excluding hydrogens is 518 g/mol. The fourth-order valence-electron chi connectivity index (χ4n) is 4.96. The number of halogens is 1. The summed E-state index contributed by atoms with van der Waals surface area (Å²) >= 11 is 6.13. The molecule has 0 saturated carbocycles. The first kappa shape index (κ1) is 24.7. The molecule has 0 bridgehead atoms. The highest BCUT2D eigenvalue weighted by molar-refractivity contribution is 6.29. The normalized spacial score (nSPS) is 12.3. The second kappa shape index (κ2) is 9.28. The first-order valence-corrected chi connectivity index (χ1v) is 12.7. The summed E-state index contributed by atoms with van der Waals surface area (Å²) in [6, 6.07) is 15.0. The average Bonchev–Trinajstić information content (AvgIpc) is 3.52. The van der Waals surface area contributed by atoms with Crippen molar-refractivity contribution in [3.8, 4) is 22.8 Å². The van der Waals surface area contributed by atoms with Crippen molar-refractivity contribution < 1.29 is 8.94 Å². The van der Waals surface area contributed by atoms with Crippen molar-refractivity contribution in [3.05, 3.63) is 97.3 Å². The summed E-state index contributed by atoms with van der Waals surface area (Å²) < 4.78 is 13.2. The largest absolute Gasteiger partial charge is 0.455 e. The molecule has 0 aliphatic rings. The van der Waals surface area contributed by atoms with Gasteiger partial charge in [0.25, 0.3) is 0 Å². The molecular formula is C29H24ClN5O4. The van der Waals surface area contributed by atoms with Gasteiger partial charge in [0, 0.05) is 40.8 Å². The number of anilines is 1. The van der Waals surface area contributed by atoms with E-state index in [1.165, 1.54) is 0 Å². The smallest absolute Gasteiger partial charge is 0.439 e. The monoisotopic (exact) mass is 541 g/mol. The minimum atomic E-state index is -0.700. The number of nitrogens with one attached hydrogen (secondary N) is 2. The summed E-state index contributed by atoms with van der Waals surface area (Å²) in [7, 11) is 1.99. The molecule has 0 unspecified atom stereocenters. The SMILES string of the molecule is Cc1cc([C@@H](C)Nc2ccc(Cl)nc2-c2noc(=O)[nH]2)c2oc(-c3ccc4c(ccn4C)c3)c(C)c(=O)c2c1. The Kier molecular flexibility index (Phi) is 5.88. The first-order chi connectivity index (χ1) is 18.7. The van der Waals surface area contributed by atoms with Crippen LogP contribution in [-0.2, 0) is 7.05 Å². The number of nitrogens with zero attached hydrogens (tertiary/aromatic N) is 3. The van der Waals surface area contributed by atoms with Gasteiger partial charge in [-0.15, -0.1) is 0 Å². The number of hydrogen-bond acceptors (Lipinski definition) is 7. The Morgan fingerprint density at radius 2 is 1.90 bits per heavy atom. The molecule has 2 N–H and O–H groups in total. The maximum Gasteiger partial charge on any atom is 0.439 e. The van der Waals surface area contributed by atoms with Crippen LogP contribution in [-0.4, -0.2) is 19.7 Å². The molecule has 0 aliphatic carbocycles. The zero-order chi connectivity index (χ0) is 27.4. The minimum Gasteiger partial charge on any atom is -0.455 e. The van der Waals surface area contributed by atoms with Gasteiger partial charge in [-0.1, -0.05) is 22.8 Å². The van der Waals surface area contributed by atoms with Crippen LogP contribution in [0.4, 0.5) is 5.69 Å². The van der Waals surface area contributed by atoms with Crippen LogP contribution in [0.5, 0.6) is 0 Å². The topological polar surface area (TPSA) is 119 Å². The zero-order valence-corrected chi connectivity index (χ0v) is 22.4. The number of hydrogen-bond donors (Lipinski definition) is 2. The third kappa shape index (κ3) is 4.30.